The summed E-state index contributed by atoms with van der Waals surface area (Å²) in [7, 11) is 0. The molecule has 1 aliphatic rings. The summed E-state index contributed by atoms with van der Waals surface area (Å²) in [6, 6.07) is 2.92. The fourth-order valence-electron chi connectivity index (χ4n) is 1.84. The fourth-order valence-corrected chi connectivity index (χ4v) is 1.99. The van der Waals surface area contributed by atoms with Gasteiger partial charge < -0.3 is 14.8 Å². The van der Waals surface area contributed by atoms with Crippen molar-refractivity contribution in [3.63, 3.8) is 0 Å². The number of rotatable bonds is 4. The minimum absolute atomic E-state index is 0.0925. The van der Waals surface area contributed by atoms with Crippen LogP contribution in [0.1, 0.15) is 29.8 Å². The second-order valence-electron chi connectivity index (χ2n) is 4.23. The summed E-state index contributed by atoms with van der Waals surface area (Å²) in [5, 5.41) is 11.8. The highest BCUT2D eigenvalue weighted by Gasteiger charge is 2.44. The van der Waals surface area contributed by atoms with Gasteiger partial charge in [-0.25, -0.2) is 0 Å². The molecule has 0 radical (unpaired) electrons. The number of hydrogen-bond donors (Lipinski definition) is 2. The summed E-state index contributed by atoms with van der Waals surface area (Å²) in [6.07, 6.45) is 2.08. The highest BCUT2D eigenvalue weighted by molar-refractivity contribution is 6.29. The fraction of sp³-hybridized carbons (Fsp3) is 0.455. The van der Waals surface area contributed by atoms with E-state index in [-0.39, 0.29) is 17.5 Å². The SMILES string of the molecule is O=C(NCC1(C(=O)O)CCC1)c1ccc(Cl)o1. The molecule has 1 aromatic heterocycles. The van der Waals surface area contributed by atoms with Crippen molar-refractivity contribution in [3.05, 3.63) is 23.1 Å². The molecular weight excluding hydrogens is 246 g/mol. The van der Waals surface area contributed by atoms with Gasteiger partial charge in [0.15, 0.2) is 11.0 Å². The molecule has 2 N–H and O–H groups in total. The third kappa shape index (κ3) is 2.29. The first-order valence-electron chi connectivity index (χ1n) is 5.30. The smallest absolute Gasteiger partial charge is 0.311 e. The molecule has 5 nitrogen and oxygen atoms in total. The van der Waals surface area contributed by atoms with Crippen molar-refractivity contribution in [1.29, 1.82) is 0 Å². The van der Waals surface area contributed by atoms with Crippen LogP contribution in [0.5, 0.6) is 0 Å². The van der Waals surface area contributed by atoms with Gasteiger partial charge in [-0.15, -0.1) is 0 Å². The van der Waals surface area contributed by atoms with Gasteiger partial charge in [-0.05, 0) is 36.6 Å². The lowest BCUT2D eigenvalue weighted by molar-refractivity contribution is -0.153. The normalized spacial score (nSPS) is 17.2. The van der Waals surface area contributed by atoms with E-state index in [9.17, 15) is 9.59 Å². The van der Waals surface area contributed by atoms with Crippen LogP contribution in [0.4, 0.5) is 0 Å². The number of nitrogens with one attached hydrogen (secondary N) is 1. The molecule has 0 atom stereocenters. The molecule has 0 saturated heterocycles. The van der Waals surface area contributed by atoms with E-state index >= 15 is 0 Å². The molecule has 6 heteroatoms. The van der Waals surface area contributed by atoms with E-state index in [1.807, 2.05) is 0 Å². The molecule has 2 rings (SSSR count). The van der Waals surface area contributed by atoms with Gasteiger partial charge in [0.05, 0.1) is 5.41 Å². The van der Waals surface area contributed by atoms with Crippen LogP contribution < -0.4 is 5.32 Å². The van der Waals surface area contributed by atoms with E-state index in [0.717, 1.165) is 6.42 Å². The van der Waals surface area contributed by atoms with Crippen molar-refractivity contribution < 1.29 is 19.1 Å². The first-order chi connectivity index (χ1) is 8.03. The van der Waals surface area contributed by atoms with Crippen LogP contribution in [0.2, 0.25) is 5.22 Å². The molecule has 1 aromatic rings. The number of amides is 1. The zero-order valence-corrected chi connectivity index (χ0v) is 9.79. The largest absolute Gasteiger partial charge is 0.481 e. The zero-order valence-electron chi connectivity index (χ0n) is 9.03. The van der Waals surface area contributed by atoms with Crippen molar-refractivity contribution in [3.8, 4) is 0 Å². The van der Waals surface area contributed by atoms with Crippen molar-refractivity contribution in [2.45, 2.75) is 19.3 Å². The Labute approximate surface area is 103 Å². The lowest BCUT2D eigenvalue weighted by Gasteiger charge is -2.37. The van der Waals surface area contributed by atoms with Crippen LogP contribution >= 0.6 is 11.6 Å². The Balaban J connectivity index is 1.94. The van der Waals surface area contributed by atoms with Gasteiger partial charge in [-0.2, -0.15) is 0 Å². The van der Waals surface area contributed by atoms with Gasteiger partial charge in [0.1, 0.15) is 0 Å². The minimum atomic E-state index is -0.860. The quantitative estimate of drug-likeness (QED) is 0.864. The monoisotopic (exact) mass is 257 g/mol. The number of halogens is 1. The number of carboxylic acid groups (broad SMARTS) is 1. The maximum absolute atomic E-state index is 11.6. The van der Waals surface area contributed by atoms with E-state index in [1.54, 1.807) is 0 Å². The van der Waals surface area contributed by atoms with Crippen LogP contribution in [0.3, 0.4) is 0 Å². The Morgan fingerprint density at radius 2 is 2.18 bits per heavy atom. The molecule has 1 amide bonds. The van der Waals surface area contributed by atoms with Crippen LogP contribution in [-0.2, 0) is 4.79 Å². The standard InChI is InChI=1S/C11H12ClNO4/c12-8-3-2-7(17-8)9(14)13-6-11(10(15)16)4-1-5-11/h2-3H,1,4-6H2,(H,13,14)(H,15,16). The van der Waals surface area contributed by atoms with Crippen molar-refractivity contribution in [2.24, 2.45) is 5.41 Å². The van der Waals surface area contributed by atoms with Gasteiger partial charge in [0, 0.05) is 6.54 Å². The number of carbonyl (C=O) groups excluding carboxylic acids is 1. The second-order valence-corrected chi connectivity index (χ2v) is 4.60. The molecule has 0 spiro atoms. The van der Waals surface area contributed by atoms with E-state index in [2.05, 4.69) is 5.32 Å². The predicted molar refractivity (Wildman–Crippen MR) is 60.0 cm³/mol. The maximum Gasteiger partial charge on any atom is 0.311 e. The molecule has 17 heavy (non-hydrogen) atoms. The Kier molecular flexibility index (Phi) is 3.11. The molecule has 1 aliphatic carbocycles. The van der Waals surface area contributed by atoms with Crippen molar-refractivity contribution in [1.82, 2.24) is 5.32 Å². The van der Waals surface area contributed by atoms with Crippen LogP contribution in [0.15, 0.2) is 16.5 Å². The Morgan fingerprint density at radius 1 is 1.47 bits per heavy atom. The summed E-state index contributed by atoms with van der Waals surface area (Å²) < 4.78 is 4.93. The van der Waals surface area contributed by atoms with Gasteiger partial charge in [-0.3, -0.25) is 9.59 Å². The third-order valence-electron chi connectivity index (χ3n) is 3.15. The molecular formula is C11H12ClNO4. The number of furan rings is 1. The molecule has 0 unspecified atom stereocenters. The number of hydrogen-bond acceptors (Lipinski definition) is 3. The summed E-state index contributed by atoms with van der Waals surface area (Å²) >= 11 is 5.54. The molecule has 0 bridgehead atoms. The average molecular weight is 258 g/mol. The lowest BCUT2D eigenvalue weighted by Crippen LogP contribution is -2.47. The average Bonchev–Trinajstić information content (AvgIpc) is 2.62. The summed E-state index contributed by atoms with van der Waals surface area (Å²) in [4.78, 5) is 22.7. The van der Waals surface area contributed by atoms with E-state index in [0.29, 0.717) is 12.8 Å². The summed E-state index contributed by atoms with van der Waals surface area (Å²) in [6.45, 7) is 0.124. The molecule has 0 aliphatic heterocycles. The Hall–Kier alpha value is -1.49. The highest BCUT2D eigenvalue weighted by Crippen LogP contribution is 2.40. The maximum atomic E-state index is 11.6. The van der Waals surface area contributed by atoms with Crippen LogP contribution in [-0.4, -0.2) is 23.5 Å². The second kappa shape index (κ2) is 4.41. The van der Waals surface area contributed by atoms with Gasteiger partial charge in [-0.1, -0.05) is 6.42 Å². The zero-order chi connectivity index (χ0) is 12.5. The molecule has 92 valence electrons. The van der Waals surface area contributed by atoms with Gasteiger partial charge >= 0.3 is 5.97 Å². The van der Waals surface area contributed by atoms with E-state index in [4.69, 9.17) is 21.1 Å². The van der Waals surface area contributed by atoms with Gasteiger partial charge in [0.2, 0.25) is 0 Å². The topological polar surface area (TPSA) is 79.5 Å². The number of aliphatic carboxylic acids is 1. The van der Waals surface area contributed by atoms with E-state index in [1.165, 1.54) is 12.1 Å². The van der Waals surface area contributed by atoms with Crippen molar-refractivity contribution in [2.75, 3.05) is 6.54 Å². The Bertz CT molecular complexity index is 450. The van der Waals surface area contributed by atoms with Gasteiger partial charge in [0.25, 0.3) is 5.91 Å². The third-order valence-corrected chi connectivity index (χ3v) is 3.35. The molecule has 0 aromatic carbocycles. The lowest BCUT2D eigenvalue weighted by atomic mass is 9.69. The van der Waals surface area contributed by atoms with E-state index < -0.39 is 17.3 Å². The molecule has 1 saturated carbocycles. The van der Waals surface area contributed by atoms with Crippen LogP contribution in [0, 0.1) is 5.41 Å². The van der Waals surface area contributed by atoms with Crippen LogP contribution in [0.25, 0.3) is 0 Å². The number of carbonyl (C=O) groups is 2. The van der Waals surface area contributed by atoms with Crippen molar-refractivity contribution >= 4 is 23.5 Å². The minimum Gasteiger partial charge on any atom is -0.481 e. The first-order valence-corrected chi connectivity index (χ1v) is 5.68. The Morgan fingerprint density at radius 3 is 2.59 bits per heavy atom. The molecule has 1 fully saturated rings. The summed E-state index contributed by atoms with van der Waals surface area (Å²) in [5.41, 5.74) is -0.800. The number of carboxylic acids is 1. The summed E-state index contributed by atoms with van der Waals surface area (Å²) in [5.74, 6) is -1.21. The predicted octanol–water partition coefficient (Wildman–Crippen LogP) is 1.92. The highest BCUT2D eigenvalue weighted by atomic mass is 35.5. The molecule has 1 heterocycles. The first kappa shape index (κ1) is 12.0.